The lowest BCUT2D eigenvalue weighted by atomic mass is 9.61. The molecule has 1 saturated carbocycles. The molecule has 0 saturated heterocycles. The highest BCUT2D eigenvalue weighted by Crippen LogP contribution is 2.52. The van der Waals surface area contributed by atoms with Gasteiger partial charge in [0.15, 0.2) is 0 Å². The third-order valence-corrected chi connectivity index (χ3v) is 6.06. The summed E-state index contributed by atoms with van der Waals surface area (Å²) in [4.78, 5) is 0. The summed E-state index contributed by atoms with van der Waals surface area (Å²) in [5, 5.41) is 0. The molecule has 0 N–H and O–H groups in total. The molecule has 122 valence electrons. The first-order chi connectivity index (χ1) is 11.1. The molecule has 0 bridgehead atoms. The van der Waals surface area contributed by atoms with E-state index in [1.54, 1.807) is 0 Å². The van der Waals surface area contributed by atoms with Crippen molar-refractivity contribution >= 4 is 0 Å². The van der Waals surface area contributed by atoms with Crippen LogP contribution in [0.1, 0.15) is 50.7 Å². The van der Waals surface area contributed by atoms with Crippen molar-refractivity contribution in [3.05, 3.63) is 65.7 Å². The molecule has 1 atom stereocenters. The van der Waals surface area contributed by atoms with Crippen LogP contribution in [0.4, 0.5) is 0 Å². The summed E-state index contributed by atoms with van der Waals surface area (Å²) in [7, 11) is 0. The Morgan fingerprint density at radius 2 is 1.57 bits per heavy atom. The average Bonchev–Trinajstić information content (AvgIpc) is 3.03. The Bertz CT molecular complexity index is 640. The number of hydrogen-bond acceptors (Lipinski definition) is 1. The zero-order valence-electron chi connectivity index (χ0n) is 14.6. The van der Waals surface area contributed by atoms with Gasteiger partial charge < -0.3 is 4.74 Å². The van der Waals surface area contributed by atoms with Gasteiger partial charge in [-0.05, 0) is 42.4 Å². The van der Waals surface area contributed by atoms with Crippen LogP contribution in [0.3, 0.4) is 0 Å². The van der Waals surface area contributed by atoms with Crippen molar-refractivity contribution in [1.82, 2.24) is 0 Å². The first kappa shape index (κ1) is 16.1. The third-order valence-electron chi connectivity index (χ3n) is 6.06. The highest BCUT2D eigenvalue weighted by Gasteiger charge is 2.47. The predicted molar refractivity (Wildman–Crippen MR) is 97.0 cm³/mol. The fourth-order valence-electron chi connectivity index (χ4n) is 4.06. The van der Waals surface area contributed by atoms with Crippen molar-refractivity contribution in [3.63, 3.8) is 0 Å². The molecule has 0 aliphatic heterocycles. The lowest BCUT2D eigenvalue weighted by molar-refractivity contribution is 0.0923. The summed E-state index contributed by atoms with van der Waals surface area (Å²) in [6.07, 6.45) is 5.25. The second-order valence-corrected chi connectivity index (χ2v) is 7.52. The van der Waals surface area contributed by atoms with Gasteiger partial charge in [0.2, 0.25) is 0 Å². The Hall–Kier alpha value is -1.76. The number of ether oxygens (including phenoxy) is 1. The van der Waals surface area contributed by atoms with Crippen LogP contribution in [-0.4, -0.2) is 6.61 Å². The molecule has 0 spiro atoms. The smallest absolute Gasteiger partial charge is 0.122 e. The van der Waals surface area contributed by atoms with Gasteiger partial charge in [0.05, 0.1) is 6.61 Å². The van der Waals surface area contributed by atoms with Crippen molar-refractivity contribution in [2.75, 3.05) is 6.61 Å². The van der Waals surface area contributed by atoms with E-state index in [4.69, 9.17) is 4.74 Å². The Balaban J connectivity index is 1.91. The highest BCUT2D eigenvalue weighted by molar-refractivity contribution is 5.33. The van der Waals surface area contributed by atoms with E-state index in [0.29, 0.717) is 5.41 Å². The van der Waals surface area contributed by atoms with E-state index in [1.807, 2.05) is 0 Å². The van der Waals surface area contributed by atoms with Crippen molar-refractivity contribution in [1.29, 1.82) is 0 Å². The Morgan fingerprint density at radius 1 is 0.957 bits per heavy atom. The number of benzene rings is 2. The van der Waals surface area contributed by atoms with Crippen LogP contribution < -0.4 is 4.74 Å². The van der Waals surface area contributed by atoms with E-state index in [0.717, 1.165) is 12.4 Å². The first-order valence-electron chi connectivity index (χ1n) is 8.79. The molecule has 1 aliphatic rings. The van der Waals surface area contributed by atoms with Crippen LogP contribution >= 0.6 is 0 Å². The summed E-state index contributed by atoms with van der Waals surface area (Å²) in [5.74, 6) is 1.01. The first-order valence-corrected chi connectivity index (χ1v) is 8.79. The van der Waals surface area contributed by atoms with E-state index >= 15 is 0 Å². The summed E-state index contributed by atoms with van der Waals surface area (Å²) < 4.78 is 6.33. The molecule has 0 radical (unpaired) electrons. The van der Waals surface area contributed by atoms with E-state index in [1.165, 1.54) is 36.8 Å². The maximum atomic E-state index is 6.33. The summed E-state index contributed by atoms with van der Waals surface area (Å²) in [5.41, 5.74) is 2.95. The molecule has 1 aliphatic carbocycles. The van der Waals surface area contributed by atoms with Crippen LogP contribution in [0.15, 0.2) is 54.6 Å². The van der Waals surface area contributed by atoms with Gasteiger partial charge in [0.1, 0.15) is 5.75 Å². The molecular weight excluding hydrogens is 280 g/mol. The minimum Gasteiger partial charge on any atom is -0.492 e. The summed E-state index contributed by atoms with van der Waals surface area (Å²) in [6, 6.07) is 19.3. The molecule has 1 unspecified atom stereocenters. The maximum absolute atomic E-state index is 6.33. The predicted octanol–water partition coefficient (Wildman–Crippen LogP) is 5.91. The van der Waals surface area contributed by atoms with Crippen LogP contribution in [-0.2, 0) is 5.41 Å². The molecule has 23 heavy (non-hydrogen) atoms. The minimum atomic E-state index is 0.0348. The van der Waals surface area contributed by atoms with Crippen molar-refractivity contribution in [3.8, 4) is 5.75 Å². The molecule has 1 fully saturated rings. The van der Waals surface area contributed by atoms with Crippen LogP contribution in [0, 0.1) is 12.3 Å². The Labute approximate surface area is 140 Å². The molecule has 0 aromatic heterocycles. The fraction of sp³-hybridized carbons (Fsp3) is 0.455. The van der Waals surface area contributed by atoms with Gasteiger partial charge in [-0.15, -0.1) is 0 Å². The van der Waals surface area contributed by atoms with Crippen molar-refractivity contribution < 1.29 is 4.74 Å². The Morgan fingerprint density at radius 3 is 2.22 bits per heavy atom. The second-order valence-electron chi connectivity index (χ2n) is 7.52. The van der Waals surface area contributed by atoms with Crippen LogP contribution in [0.2, 0.25) is 0 Å². The number of hydrogen-bond donors (Lipinski definition) is 0. The van der Waals surface area contributed by atoms with E-state index in [2.05, 4.69) is 75.4 Å². The zero-order chi connectivity index (χ0) is 16.3. The zero-order valence-corrected chi connectivity index (χ0v) is 14.6. The number of aryl methyl sites for hydroxylation is 1. The SMILES string of the molecule is Cc1ccccc1OCC(C)(c1ccccc1)C1(C)CCCC1. The van der Waals surface area contributed by atoms with Gasteiger partial charge in [-0.1, -0.05) is 75.2 Å². The number of rotatable bonds is 5. The van der Waals surface area contributed by atoms with E-state index in [9.17, 15) is 0 Å². The standard InChI is InChI=1S/C22H28O/c1-18-11-7-8-14-20(18)23-17-22(3,19-12-5-4-6-13-19)21(2)15-9-10-16-21/h4-8,11-14H,9-10,15-17H2,1-3H3. The largest absolute Gasteiger partial charge is 0.492 e. The van der Waals surface area contributed by atoms with Gasteiger partial charge in [-0.2, -0.15) is 0 Å². The van der Waals surface area contributed by atoms with Crippen molar-refractivity contribution in [2.24, 2.45) is 5.41 Å². The molecule has 1 nitrogen and oxygen atoms in total. The molecule has 0 heterocycles. The normalized spacial score (nSPS) is 19.3. The lowest BCUT2D eigenvalue weighted by Gasteiger charge is -2.45. The van der Waals surface area contributed by atoms with E-state index in [-0.39, 0.29) is 5.41 Å². The average molecular weight is 308 g/mol. The third kappa shape index (κ3) is 3.02. The molecule has 2 aromatic carbocycles. The Kier molecular flexibility index (Phi) is 4.48. The lowest BCUT2D eigenvalue weighted by Crippen LogP contribution is -2.44. The van der Waals surface area contributed by atoms with Crippen molar-refractivity contribution in [2.45, 2.75) is 51.9 Å². The van der Waals surface area contributed by atoms with Gasteiger partial charge >= 0.3 is 0 Å². The highest BCUT2D eigenvalue weighted by atomic mass is 16.5. The quantitative estimate of drug-likeness (QED) is 0.667. The van der Waals surface area contributed by atoms with Gasteiger partial charge in [0, 0.05) is 5.41 Å². The maximum Gasteiger partial charge on any atom is 0.122 e. The van der Waals surface area contributed by atoms with Gasteiger partial charge in [-0.3, -0.25) is 0 Å². The fourth-order valence-corrected chi connectivity index (χ4v) is 4.06. The topological polar surface area (TPSA) is 9.23 Å². The molecule has 1 heteroatoms. The second kappa shape index (κ2) is 6.39. The molecule has 3 rings (SSSR count). The monoisotopic (exact) mass is 308 g/mol. The molecule has 0 amide bonds. The summed E-state index contributed by atoms with van der Waals surface area (Å²) >= 11 is 0. The van der Waals surface area contributed by atoms with Crippen LogP contribution in [0.5, 0.6) is 5.75 Å². The number of para-hydroxylation sites is 1. The van der Waals surface area contributed by atoms with E-state index < -0.39 is 0 Å². The van der Waals surface area contributed by atoms with Gasteiger partial charge in [-0.25, -0.2) is 0 Å². The molecular formula is C22H28O. The molecule has 2 aromatic rings. The summed E-state index contributed by atoms with van der Waals surface area (Å²) in [6.45, 7) is 7.70. The minimum absolute atomic E-state index is 0.0348. The van der Waals surface area contributed by atoms with Crippen LogP contribution in [0.25, 0.3) is 0 Å². The van der Waals surface area contributed by atoms with Gasteiger partial charge in [0.25, 0.3) is 0 Å².